The Kier molecular flexibility index (Phi) is 4.93. The fourth-order valence-electron chi connectivity index (χ4n) is 0.739. The van der Waals surface area contributed by atoms with Crippen molar-refractivity contribution in [3.8, 4) is 0 Å². The van der Waals surface area contributed by atoms with Gasteiger partial charge in [0.1, 0.15) is 0 Å². The summed E-state index contributed by atoms with van der Waals surface area (Å²) in [5, 5.41) is 0. The summed E-state index contributed by atoms with van der Waals surface area (Å²) in [5.41, 5.74) is 0. The Morgan fingerprint density at radius 1 is 1.25 bits per heavy atom. The van der Waals surface area contributed by atoms with Gasteiger partial charge in [0, 0.05) is 0 Å². The molecule has 0 aromatic carbocycles. The van der Waals surface area contributed by atoms with E-state index in [0.29, 0.717) is 12.5 Å². The molecule has 0 unspecified atom stereocenters. The van der Waals surface area contributed by atoms with E-state index in [0.717, 1.165) is 12.8 Å². The lowest BCUT2D eigenvalue weighted by Crippen LogP contribution is -2.07. The van der Waals surface area contributed by atoms with Gasteiger partial charge in [0.2, 0.25) is 0 Å². The number of alkyl halides is 3. The highest BCUT2D eigenvalue weighted by molar-refractivity contribution is 4.98. The summed E-state index contributed by atoms with van der Waals surface area (Å²) in [6, 6.07) is 0. The van der Waals surface area contributed by atoms with Crippen molar-refractivity contribution in [2.24, 2.45) is 0 Å². The Morgan fingerprint density at radius 2 is 1.83 bits per heavy atom. The van der Waals surface area contributed by atoms with E-state index < -0.39 is 12.0 Å². The van der Waals surface area contributed by atoms with Crippen LogP contribution in [0.3, 0.4) is 0 Å². The molecule has 4 heteroatoms. The maximum absolute atomic E-state index is 12.1. The van der Waals surface area contributed by atoms with E-state index in [9.17, 15) is 17.6 Å². The average molecular weight is 184 g/mol. The van der Waals surface area contributed by atoms with Crippen LogP contribution in [0.2, 0.25) is 0 Å². The Balaban J connectivity index is 3.70. The summed E-state index contributed by atoms with van der Waals surface area (Å²) in [6.07, 6.45) is -1.66. The molecule has 0 atom stereocenters. The topological polar surface area (TPSA) is 0 Å². The fourth-order valence-corrected chi connectivity index (χ4v) is 0.739. The van der Waals surface area contributed by atoms with Crippen molar-refractivity contribution < 1.29 is 17.6 Å². The molecule has 0 saturated carbocycles. The van der Waals surface area contributed by atoms with Crippen molar-refractivity contribution in [2.45, 2.75) is 38.8 Å². The van der Waals surface area contributed by atoms with Crippen molar-refractivity contribution in [1.29, 1.82) is 0 Å². The molecule has 0 saturated heterocycles. The molecule has 0 aliphatic rings. The molecule has 12 heavy (non-hydrogen) atoms. The molecule has 0 amide bonds. The summed E-state index contributed by atoms with van der Waals surface area (Å²) in [7, 11) is 0. The highest BCUT2D eigenvalue weighted by Gasteiger charge is 2.33. The van der Waals surface area contributed by atoms with Crippen LogP contribution in [-0.2, 0) is 0 Å². The van der Waals surface area contributed by atoms with Crippen LogP contribution in [-0.4, -0.2) is 6.18 Å². The van der Waals surface area contributed by atoms with Crippen LogP contribution in [0.5, 0.6) is 0 Å². The lowest BCUT2D eigenvalue weighted by Gasteiger charge is -2.01. The Bertz CT molecular complexity index is 146. The first-order valence-electron chi connectivity index (χ1n) is 3.91. The van der Waals surface area contributed by atoms with Crippen LogP contribution < -0.4 is 0 Å². The average Bonchev–Trinajstić information content (AvgIpc) is 1.96. The van der Waals surface area contributed by atoms with Gasteiger partial charge in [-0.2, -0.15) is 13.2 Å². The zero-order valence-electron chi connectivity index (χ0n) is 6.92. The third-order valence-electron chi connectivity index (χ3n) is 1.40. The molecule has 0 aliphatic heterocycles. The molecule has 0 bridgehead atoms. The first-order chi connectivity index (χ1) is 5.48. The Labute approximate surface area is 69.3 Å². The molecule has 0 heterocycles. The number of allylic oxidation sites excluding steroid dienone is 2. The zero-order valence-corrected chi connectivity index (χ0v) is 6.92. The largest absolute Gasteiger partial charge is 0.442 e. The molecule has 72 valence electrons. The van der Waals surface area contributed by atoms with Crippen molar-refractivity contribution in [1.82, 2.24) is 0 Å². The predicted octanol–water partition coefficient (Wildman–Crippen LogP) is 3.98. The third kappa shape index (κ3) is 5.16. The smallest absolute Gasteiger partial charge is 0.202 e. The first-order valence-corrected chi connectivity index (χ1v) is 3.91. The molecule has 0 rings (SSSR count). The second kappa shape index (κ2) is 5.17. The maximum Gasteiger partial charge on any atom is 0.442 e. The number of unbranched alkanes of at least 4 members (excludes halogenated alkanes) is 3. The SMILES string of the molecule is CCCCCC=C(F)C(F)(F)F. The van der Waals surface area contributed by atoms with Crippen LogP contribution in [0.1, 0.15) is 32.6 Å². The van der Waals surface area contributed by atoms with Gasteiger partial charge in [0.15, 0.2) is 5.83 Å². The van der Waals surface area contributed by atoms with Crippen molar-refractivity contribution >= 4 is 0 Å². The maximum atomic E-state index is 12.1. The number of hydrogen-bond donors (Lipinski definition) is 0. The number of halogens is 4. The molecule has 0 nitrogen and oxygen atoms in total. The molecule has 0 N–H and O–H groups in total. The van der Waals surface area contributed by atoms with Gasteiger partial charge in [-0.15, -0.1) is 0 Å². The van der Waals surface area contributed by atoms with Gasteiger partial charge in [0.05, 0.1) is 0 Å². The molecule has 0 aromatic heterocycles. The van der Waals surface area contributed by atoms with Crippen LogP contribution in [0, 0.1) is 0 Å². The number of hydrogen-bond acceptors (Lipinski definition) is 0. The normalized spacial score (nSPS) is 13.6. The van der Waals surface area contributed by atoms with Crippen LogP contribution in [0.4, 0.5) is 17.6 Å². The van der Waals surface area contributed by atoms with Gasteiger partial charge < -0.3 is 0 Å². The van der Waals surface area contributed by atoms with Gasteiger partial charge in [-0.25, -0.2) is 4.39 Å². The third-order valence-corrected chi connectivity index (χ3v) is 1.40. The predicted molar refractivity (Wildman–Crippen MR) is 39.4 cm³/mol. The van der Waals surface area contributed by atoms with E-state index in [4.69, 9.17) is 0 Å². The lowest BCUT2D eigenvalue weighted by molar-refractivity contribution is -0.109. The zero-order chi connectivity index (χ0) is 9.61. The molecule has 0 radical (unpaired) electrons. The van der Waals surface area contributed by atoms with Gasteiger partial charge in [-0.1, -0.05) is 19.8 Å². The van der Waals surface area contributed by atoms with E-state index in [2.05, 4.69) is 0 Å². The molecular formula is C8H12F4. The summed E-state index contributed by atoms with van der Waals surface area (Å²) >= 11 is 0. The van der Waals surface area contributed by atoms with Crippen LogP contribution >= 0.6 is 0 Å². The minimum Gasteiger partial charge on any atom is -0.202 e. The summed E-state index contributed by atoms with van der Waals surface area (Å²) in [5.74, 6) is -1.97. The van der Waals surface area contributed by atoms with Crippen molar-refractivity contribution in [3.05, 3.63) is 11.9 Å². The molecule has 0 aliphatic carbocycles. The summed E-state index contributed by atoms with van der Waals surface area (Å²) in [6.45, 7) is 1.93. The summed E-state index contributed by atoms with van der Waals surface area (Å²) in [4.78, 5) is 0. The molecule has 0 fully saturated rings. The van der Waals surface area contributed by atoms with E-state index in [1.807, 2.05) is 6.92 Å². The second-order valence-corrected chi connectivity index (χ2v) is 2.55. The highest BCUT2D eigenvalue weighted by Crippen LogP contribution is 2.26. The van der Waals surface area contributed by atoms with E-state index in [1.54, 1.807) is 0 Å². The monoisotopic (exact) mass is 184 g/mol. The van der Waals surface area contributed by atoms with E-state index in [-0.39, 0.29) is 6.42 Å². The van der Waals surface area contributed by atoms with Gasteiger partial charge in [-0.3, -0.25) is 0 Å². The second-order valence-electron chi connectivity index (χ2n) is 2.55. The lowest BCUT2D eigenvalue weighted by atomic mass is 10.2. The van der Waals surface area contributed by atoms with E-state index in [1.165, 1.54) is 0 Å². The Morgan fingerprint density at radius 3 is 2.25 bits per heavy atom. The quantitative estimate of drug-likeness (QED) is 0.458. The van der Waals surface area contributed by atoms with Crippen molar-refractivity contribution in [3.63, 3.8) is 0 Å². The van der Waals surface area contributed by atoms with Crippen molar-refractivity contribution in [2.75, 3.05) is 0 Å². The Hall–Kier alpha value is -0.540. The molecule has 0 spiro atoms. The molecule has 0 aromatic rings. The van der Waals surface area contributed by atoms with E-state index >= 15 is 0 Å². The number of rotatable bonds is 4. The minimum atomic E-state index is -4.80. The fraction of sp³-hybridized carbons (Fsp3) is 0.750. The van der Waals surface area contributed by atoms with Crippen LogP contribution in [0.15, 0.2) is 11.9 Å². The first kappa shape index (κ1) is 11.5. The van der Waals surface area contributed by atoms with Gasteiger partial charge >= 0.3 is 6.18 Å². The highest BCUT2D eigenvalue weighted by atomic mass is 19.4. The van der Waals surface area contributed by atoms with Crippen LogP contribution in [0.25, 0.3) is 0 Å². The summed E-state index contributed by atoms with van der Waals surface area (Å²) < 4.78 is 46.6. The molecular weight excluding hydrogens is 172 g/mol. The van der Waals surface area contributed by atoms with Gasteiger partial charge in [-0.05, 0) is 18.9 Å². The van der Waals surface area contributed by atoms with Gasteiger partial charge in [0.25, 0.3) is 0 Å². The minimum absolute atomic E-state index is 0.166. The standard InChI is InChI=1S/C8H12F4/c1-2-3-4-5-6-7(9)8(10,11)12/h6H,2-5H2,1H3.